The van der Waals surface area contributed by atoms with E-state index < -0.39 is 5.41 Å². The van der Waals surface area contributed by atoms with Crippen molar-refractivity contribution in [2.24, 2.45) is 0 Å². The first-order valence-corrected chi connectivity index (χ1v) is 35.2. The van der Waals surface area contributed by atoms with Crippen molar-refractivity contribution < 1.29 is 8.83 Å². The van der Waals surface area contributed by atoms with Crippen LogP contribution < -0.4 is 9.80 Å². The Kier molecular flexibility index (Phi) is 12.3. The predicted molar refractivity (Wildman–Crippen MR) is 401 cm³/mol. The second-order valence-electron chi connectivity index (χ2n) is 28.4. The number of fused-ring (bicyclic) bond motifs is 22. The molecule has 0 N–H and O–H groups in total. The molecular formula is C91H73N3O2. The predicted octanol–water partition coefficient (Wildman–Crippen LogP) is 25.8. The van der Waals surface area contributed by atoms with Gasteiger partial charge in [0.2, 0.25) is 0 Å². The van der Waals surface area contributed by atoms with Crippen LogP contribution in [-0.2, 0) is 5.41 Å². The number of para-hydroxylation sites is 7. The van der Waals surface area contributed by atoms with Gasteiger partial charge in [-0.2, -0.15) is 0 Å². The summed E-state index contributed by atoms with van der Waals surface area (Å²) in [4.78, 5) is 5.15. The lowest BCUT2D eigenvalue weighted by Crippen LogP contribution is -2.34. The number of aromatic nitrogens is 1. The van der Waals surface area contributed by atoms with E-state index in [1.54, 1.807) is 0 Å². The third-order valence-corrected chi connectivity index (χ3v) is 23.1. The van der Waals surface area contributed by atoms with Crippen LogP contribution in [0.2, 0.25) is 0 Å². The van der Waals surface area contributed by atoms with E-state index in [-0.39, 0.29) is 0 Å². The van der Waals surface area contributed by atoms with Crippen LogP contribution in [0.5, 0.6) is 0 Å². The van der Waals surface area contributed by atoms with Gasteiger partial charge in [0.05, 0.1) is 44.9 Å². The van der Waals surface area contributed by atoms with Crippen LogP contribution in [0.4, 0.5) is 34.1 Å². The lowest BCUT2D eigenvalue weighted by atomic mass is 9.65. The molecule has 0 saturated heterocycles. The molecule has 5 heteroatoms. The summed E-state index contributed by atoms with van der Waals surface area (Å²) in [6.45, 7) is 9.00. The Balaban J connectivity index is 0.933. The summed E-state index contributed by atoms with van der Waals surface area (Å²) >= 11 is 0. The third kappa shape index (κ3) is 7.80. The number of nitrogens with zero attached hydrogens (tertiary/aromatic N) is 3. The van der Waals surface area contributed by atoms with Gasteiger partial charge in [-0.05, 0) is 180 Å². The number of anilines is 6. The molecule has 96 heavy (non-hydrogen) atoms. The number of furan rings is 2. The summed E-state index contributed by atoms with van der Waals surface area (Å²) in [7, 11) is 0. The zero-order valence-electron chi connectivity index (χ0n) is 54.9. The van der Waals surface area contributed by atoms with Crippen LogP contribution in [0.1, 0.15) is 132 Å². The zero-order chi connectivity index (χ0) is 63.7. The van der Waals surface area contributed by atoms with Gasteiger partial charge in [-0.1, -0.05) is 238 Å². The van der Waals surface area contributed by atoms with Gasteiger partial charge in [0, 0.05) is 54.5 Å². The van der Waals surface area contributed by atoms with Crippen molar-refractivity contribution in [3.05, 3.63) is 292 Å². The number of rotatable bonds is 8. The monoisotopic (exact) mass is 1240 g/mol. The molecule has 4 aliphatic rings. The van der Waals surface area contributed by atoms with Crippen molar-refractivity contribution in [3.8, 4) is 16.8 Å². The third-order valence-electron chi connectivity index (χ3n) is 23.1. The summed E-state index contributed by atoms with van der Waals surface area (Å²) in [5.74, 6) is 0.953. The van der Waals surface area contributed by atoms with Gasteiger partial charge in [0.15, 0.2) is 11.2 Å². The molecule has 0 unspecified atom stereocenters. The van der Waals surface area contributed by atoms with Crippen LogP contribution in [0.15, 0.2) is 245 Å². The Labute approximate surface area is 559 Å². The van der Waals surface area contributed by atoms with E-state index in [9.17, 15) is 0 Å². The van der Waals surface area contributed by atoms with Crippen molar-refractivity contribution >= 4 is 121 Å². The number of hydrogen-bond donors (Lipinski definition) is 0. The maximum Gasteiger partial charge on any atom is 0.159 e. The smallest absolute Gasteiger partial charge is 0.159 e. The van der Waals surface area contributed by atoms with Crippen LogP contribution >= 0.6 is 0 Å². The molecule has 13 aromatic carbocycles. The number of aryl methyl sites for hydroxylation is 4. The molecule has 3 aromatic heterocycles. The Morgan fingerprint density at radius 3 is 1.26 bits per heavy atom. The van der Waals surface area contributed by atoms with Gasteiger partial charge in [0.25, 0.3) is 0 Å². The van der Waals surface area contributed by atoms with Crippen LogP contribution in [0.25, 0.3) is 104 Å². The quantitative estimate of drug-likeness (QED) is 0.152. The lowest BCUT2D eigenvalue weighted by molar-refractivity contribution is 0.442. The van der Waals surface area contributed by atoms with Crippen LogP contribution in [0.3, 0.4) is 0 Å². The SMILES string of the molecule is Cc1ccc(N(c2cc3c(c4ccccc24)-c2c(cc(N(c4ccc(C)cc4C)c4cccc5c4oc4c(C6CCCCC6)cccc45)c4ccccc24)C32c3ccccc3-n3c4ccccc4c4cccc2c43)c2cccc3c2oc2c(C4CCCCC4)cccc23)c(C)c1. The molecule has 0 bridgehead atoms. The average molecular weight is 1240 g/mol. The van der Waals surface area contributed by atoms with Gasteiger partial charge < -0.3 is 23.2 Å². The summed E-state index contributed by atoms with van der Waals surface area (Å²) in [5.41, 5.74) is 28.2. The summed E-state index contributed by atoms with van der Waals surface area (Å²) < 4.78 is 17.7. The average Bonchev–Trinajstić information content (AvgIpc) is 1.45. The summed E-state index contributed by atoms with van der Waals surface area (Å²) in [6.07, 6.45) is 12.4. The molecule has 5 nitrogen and oxygen atoms in total. The second kappa shape index (κ2) is 21.2. The van der Waals surface area contributed by atoms with Crippen molar-refractivity contribution in [1.82, 2.24) is 4.57 Å². The van der Waals surface area contributed by atoms with Gasteiger partial charge in [-0.25, -0.2) is 0 Å². The first-order chi connectivity index (χ1) is 47.3. The molecule has 1 aliphatic heterocycles. The molecule has 2 fully saturated rings. The molecule has 464 valence electrons. The van der Waals surface area contributed by atoms with Crippen LogP contribution in [0, 0.1) is 27.7 Å². The standard InChI is InChI=1S/C91H73N3O2/c1-54-46-48-76(56(3)50-54)92(80-44-22-38-70-68-36-19-33-60(87(68)95-89(70)80)58-24-7-5-8-25-58)82-52-74-84(65-31-13-11-28-62(65)82)85-66-32-14-12-29-63(66)83(53-75(85)91(74)72-40-16-18-43-79(72)94-78-42-17-15-30-64(78)67-35-21-41-73(91)86(67)94)93(77-49-47-55(2)51-57(77)4)81-45-23-39-71-69-37-20-34-61(88(69)96-90(71)81)59-26-9-6-10-27-59/h11-23,28-53,58-59H,5-10,24-27H2,1-4H3. The Morgan fingerprint density at radius 2 is 0.740 bits per heavy atom. The van der Waals surface area contributed by atoms with E-state index in [1.165, 1.54) is 191 Å². The highest BCUT2D eigenvalue weighted by Crippen LogP contribution is 2.66. The van der Waals surface area contributed by atoms with Crippen molar-refractivity contribution in [1.29, 1.82) is 0 Å². The molecule has 16 aromatic rings. The molecule has 0 atom stereocenters. The minimum atomic E-state index is -0.884. The molecule has 1 spiro atoms. The Hall–Kier alpha value is -10.6. The van der Waals surface area contributed by atoms with E-state index in [2.05, 4.69) is 279 Å². The highest BCUT2D eigenvalue weighted by molar-refractivity contribution is 6.22. The second-order valence-corrected chi connectivity index (χ2v) is 28.4. The van der Waals surface area contributed by atoms with Crippen molar-refractivity contribution in [3.63, 3.8) is 0 Å². The molecule has 0 amide bonds. The topological polar surface area (TPSA) is 37.7 Å². The Bertz CT molecular complexity index is 5680. The fraction of sp³-hybridized carbons (Fsp3) is 0.187. The van der Waals surface area contributed by atoms with E-state index in [4.69, 9.17) is 8.83 Å². The fourth-order valence-corrected chi connectivity index (χ4v) is 19.0. The van der Waals surface area contributed by atoms with E-state index in [0.717, 1.165) is 67.2 Å². The molecule has 2 saturated carbocycles. The first kappa shape index (κ1) is 55.8. The van der Waals surface area contributed by atoms with Crippen molar-refractivity contribution in [2.45, 2.75) is 109 Å². The zero-order valence-corrected chi connectivity index (χ0v) is 54.9. The molecular weight excluding hydrogens is 1170 g/mol. The molecule has 4 heterocycles. The first-order valence-electron chi connectivity index (χ1n) is 35.2. The maximum absolute atomic E-state index is 7.57. The number of hydrogen-bond acceptors (Lipinski definition) is 4. The van der Waals surface area contributed by atoms with Gasteiger partial charge in [-0.3, -0.25) is 0 Å². The Morgan fingerprint density at radius 1 is 0.323 bits per heavy atom. The number of benzene rings is 13. The normalized spacial score (nSPS) is 15.3. The van der Waals surface area contributed by atoms with E-state index in [1.807, 2.05) is 0 Å². The maximum atomic E-state index is 7.57. The van der Waals surface area contributed by atoms with E-state index in [0.29, 0.717) is 11.8 Å². The molecule has 0 radical (unpaired) electrons. The summed E-state index contributed by atoms with van der Waals surface area (Å²) in [5, 5.41) is 11.9. The van der Waals surface area contributed by atoms with Gasteiger partial charge in [0.1, 0.15) is 11.2 Å². The largest absolute Gasteiger partial charge is 0.454 e. The van der Waals surface area contributed by atoms with Crippen LogP contribution in [-0.4, -0.2) is 4.57 Å². The molecule has 20 rings (SSSR count). The molecule has 3 aliphatic carbocycles. The lowest BCUT2D eigenvalue weighted by Gasteiger charge is -2.40. The van der Waals surface area contributed by atoms with Gasteiger partial charge >= 0.3 is 0 Å². The van der Waals surface area contributed by atoms with Gasteiger partial charge in [-0.15, -0.1) is 0 Å². The highest BCUT2D eigenvalue weighted by Gasteiger charge is 2.53. The summed E-state index contributed by atoms with van der Waals surface area (Å²) in [6, 6.07) is 91.0. The van der Waals surface area contributed by atoms with Crippen molar-refractivity contribution in [2.75, 3.05) is 9.80 Å². The minimum absolute atomic E-state index is 0.477. The fourth-order valence-electron chi connectivity index (χ4n) is 19.0. The highest BCUT2D eigenvalue weighted by atomic mass is 16.3. The minimum Gasteiger partial charge on any atom is -0.454 e. The van der Waals surface area contributed by atoms with E-state index >= 15 is 0 Å².